The second-order valence-electron chi connectivity index (χ2n) is 4.87. The summed E-state index contributed by atoms with van der Waals surface area (Å²) in [6, 6.07) is 8.34. The Morgan fingerprint density at radius 3 is 3.12 bits per heavy atom. The van der Waals surface area contributed by atoms with Crippen molar-refractivity contribution in [2.75, 3.05) is 0 Å². The summed E-state index contributed by atoms with van der Waals surface area (Å²) >= 11 is 0. The molecule has 2 nitrogen and oxygen atoms in total. The number of benzene rings is 1. The van der Waals surface area contributed by atoms with Crippen LogP contribution in [-0.2, 0) is 5.41 Å². The summed E-state index contributed by atoms with van der Waals surface area (Å²) in [5.41, 5.74) is 5.09. The molecular weight excluding hydrogens is 210 g/mol. The van der Waals surface area contributed by atoms with Gasteiger partial charge >= 0.3 is 0 Å². The van der Waals surface area contributed by atoms with Crippen LogP contribution in [0.5, 0.6) is 5.75 Å². The number of allylic oxidation sites excluding steroid dienone is 3. The number of fused-ring (bicyclic) bond motifs is 4. The molecular formula is C15H9NO. The van der Waals surface area contributed by atoms with Crippen LogP contribution in [0.15, 0.2) is 64.5 Å². The van der Waals surface area contributed by atoms with Crippen LogP contribution in [0.3, 0.4) is 0 Å². The Morgan fingerprint density at radius 1 is 1.18 bits per heavy atom. The minimum absolute atomic E-state index is 0.103. The minimum atomic E-state index is -0.103. The number of aliphatic imine (C=N–C) groups is 1. The maximum absolute atomic E-state index is 6.00. The first-order valence-electron chi connectivity index (χ1n) is 5.87. The monoisotopic (exact) mass is 219 g/mol. The van der Waals surface area contributed by atoms with E-state index in [1.54, 1.807) is 0 Å². The van der Waals surface area contributed by atoms with Crippen LogP contribution in [0.1, 0.15) is 12.0 Å². The zero-order valence-electron chi connectivity index (χ0n) is 9.10. The normalized spacial score (nSPS) is 29.9. The molecule has 0 saturated heterocycles. The first kappa shape index (κ1) is 8.07. The first-order chi connectivity index (χ1) is 8.40. The van der Waals surface area contributed by atoms with E-state index in [4.69, 9.17) is 4.74 Å². The maximum Gasteiger partial charge on any atom is 0.131 e. The fraction of sp³-hybridized carbons (Fsp3) is 0.133. The number of nitrogens with zero attached hydrogens (tertiary/aromatic N) is 1. The van der Waals surface area contributed by atoms with Crippen LogP contribution in [-0.4, -0.2) is 5.71 Å². The lowest BCUT2D eigenvalue weighted by atomic mass is 9.74. The third kappa shape index (κ3) is 0.654. The molecule has 80 valence electrons. The highest BCUT2D eigenvalue weighted by molar-refractivity contribution is 6.13. The van der Waals surface area contributed by atoms with Gasteiger partial charge in [-0.3, -0.25) is 4.99 Å². The molecule has 2 bridgehead atoms. The molecule has 1 saturated carbocycles. The Morgan fingerprint density at radius 2 is 2.12 bits per heavy atom. The lowest BCUT2D eigenvalue weighted by molar-refractivity contribution is 0.418. The van der Waals surface area contributed by atoms with E-state index < -0.39 is 0 Å². The van der Waals surface area contributed by atoms with Crippen molar-refractivity contribution in [2.24, 2.45) is 4.99 Å². The summed E-state index contributed by atoms with van der Waals surface area (Å²) < 4.78 is 6.00. The van der Waals surface area contributed by atoms with Gasteiger partial charge in [-0.1, -0.05) is 24.3 Å². The van der Waals surface area contributed by atoms with Crippen LogP contribution in [0.25, 0.3) is 0 Å². The van der Waals surface area contributed by atoms with Gasteiger partial charge in [-0.15, -0.1) is 0 Å². The van der Waals surface area contributed by atoms with E-state index >= 15 is 0 Å². The van der Waals surface area contributed by atoms with E-state index in [1.165, 1.54) is 22.4 Å². The molecule has 1 aromatic carbocycles. The molecule has 17 heavy (non-hydrogen) atoms. The SMILES string of the molecule is C1=C2CC(=N1)C1=CC=C3Oc4ccccc4C231. The predicted molar refractivity (Wildman–Crippen MR) is 65.0 cm³/mol. The molecule has 0 radical (unpaired) electrons. The molecule has 2 aliphatic heterocycles. The Labute approximate surface area is 98.6 Å². The Kier molecular flexibility index (Phi) is 1.08. The summed E-state index contributed by atoms with van der Waals surface area (Å²) in [5.74, 6) is 2.06. The highest BCUT2D eigenvalue weighted by Gasteiger charge is 2.59. The van der Waals surface area contributed by atoms with Gasteiger partial charge in [0.25, 0.3) is 0 Å². The van der Waals surface area contributed by atoms with Crippen molar-refractivity contribution >= 4 is 5.71 Å². The Balaban J connectivity index is 1.93. The van der Waals surface area contributed by atoms with Gasteiger partial charge < -0.3 is 4.74 Å². The van der Waals surface area contributed by atoms with Gasteiger partial charge in [0, 0.05) is 23.9 Å². The molecule has 0 N–H and O–H groups in total. The number of ether oxygens (including phenoxy) is 1. The predicted octanol–water partition coefficient (Wildman–Crippen LogP) is 2.88. The molecule has 4 aliphatic rings. The summed E-state index contributed by atoms with van der Waals surface area (Å²) in [6.07, 6.45) is 7.28. The third-order valence-electron chi connectivity index (χ3n) is 4.21. The van der Waals surface area contributed by atoms with Gasteiger partial charge in [-0.05, 0) is 23.3 Å². The molecule has 2 heteroatoms. The molecule has 1 spiro atoms. The molecule has 2 heterocycles. The molecule has 2 aliphatic carbocycles. The van der Waals surface area contributed by atoms with E-state index in [2.05, 4.69) is 35.3 Å². The molecule has 0 amide bonds. The average molecular weight is 219 g/mol. The zero-order chi connectivity index (χ0) is 11.0. The van der Waals surface area contributed by atoms with Gasteiger partial charge in [-0.25, -0.2) is 0 Å². The number of rotatable bonds is 0. The third-order valence-corrected chi connectivity index (χ3v) is 4.21. The zero-order valence-corrected chi connectivity index (χ0v) is 9.10. The standard InChI is InChI=1S/C15H9NO/c1-2-4-13-11(3-1)15-9-7-12(16-8-9)10(15)5-6-14(15)17-13/h1-6,8H,7H2. The second-order valence-corrected chi connectivity index (χ2v) is 4.87. The largest absolute Gasteiger partial charge is 0.460 e. The summed E-state index contributed by atoms with van der Waals surface area (Å²) in [7, 11) is 0. The highest BCUT2D eigenvalue weighted by Crippen LogP contribution is 2.62. The molecule has 1 unspecified atom stereocenters. The van der Waals surface area contributed by atoms with Crippen molar-refractivity contribution in [3.8, 4) is 5.75 Å². The molecule has 5 rings (SSSR count). The van der Waals surface area contributed by atoms with Crippen molar-refractivity contribution in [1.29, 1.82) is 0 Å². The lowest BCUT2D eigenvalue weighted by Crippen LogP contribution is -2.26. The summed E-state index contributed by atoms with van der Waals surface area (Å²) in [4.78, 5) is 4.47. The van der Waals surface area contributed by atoms with E-state index in [0.717, 1.165) is 17.9 Å². The van der Waals surface area contributed by atoms with Gasteiger partial charge in [0.2, 0.25) is 0 Å². The average Bonchev–Trinajstić information content (AvgIpc) is 3.04. The second kappa shape index (κ2) is 2.28. The Hall–Kier alpha value is -2.09. The van der Waals surface area contributed by atoms with Crippen LogP contribution >= 0.6 is 0 Å². The van der Waals surface area contributed by atoms with Gasteiger partial charge in [0.05, 0.1) is 0 Å². The fourth-order valence-electron chi connectivity index (χ4n) is 3.55. The van der Waals surface area contributed by atoms with E-state index in [-0.39, 0.29) is 5.41 Å². The van der Waals surface area contributed by atoms with Crippen molar-refractivity contribution in [3.63, 3.8) is 0 Å². The fourth-order valence-corrected chi connectivity index (χ4v) is 3.55. The van der Waals surface area contributed by atoms with Gasteiger partial charge in [0.1, 0.15) is 16.9 Å². The summed E-state index contributed by atoms with van der Waals surface area (Å²) in [5, 5.41) is 0. The van der Waals surface area contributed by atoms with Crippen molar-refractivity contribution < 1.29 is 4.74 Å². The van der Waals surface area contributed by atoms with Crippen molar-refractivity contribution in [2.45, 2.75) is 11.8 Å². The maximum atomic E-state index is 6.00. The van der Waals surface area contributed by atoms with Crippen LogP contribution in [0, 0.1) is 0 Å². The number of hydrogen-bond donors (Lipinski definition) is 0. The molecule has 1 aromatic rings. The highest BCUT2D eigenvalue weighted by atomic mass is 16.5. The van der Waals surface area contributed by atoms with E-state index in [1.807, 2.05) is 12.3 Å². The topological polar surface area (TPSA) is 21.6 Å². The Bertz CT molecular complexity index is 705. The molecule has 0 aromatic heterocycles. The number of para-hydroxylation sites is 1. The minimum Gasteiger partial charge on any atom is -0.460 e. The van der Waals surface area contributed by atoms with E-state index in [0.29, 0.717) is 0 Å². The van der Waals surface area contributed by atoms with Crippen LogP contribution in [0.2, 0.25) is 0 Å². The molecule has 1 fully saturated rings. The quantitative estimate of drug-likeness (QED) is 0.657. The van der Waals surface area contributed by atoms with Crippen LogP contribution in [0.4, 0.5) is 0 Å². The lowest BCUT2D eigenvalue weighted by Gasteiger charge is -2.25. The van der Waals surface area contributed by atoms with Gasteiger partial charge in [-0.2, -0.15) is 0 Å². The van der Waals surface area contributed by atoms with Gasteiger partial charge in [0.15, 0.2) is 0 Å². The van der Waals surface area contributed by atoms with Crippen molar-refractivity contribution in [1.82, 2.24) is 0 Å². The smallest absolute Gasteiger partial charge is 0.131 e. The van der Waals surface area contributed by atoms with Crippen molar-refractivity contribution in [3.05, 3.63) is 65.1 Å². The number of hydrogen-bond acceptors (Lipinski definition) is 2. The summed E-state index contributed by atoms with van der Waals surface area (Å²) in [6.45, 7) is 0. The van der Waals surface area contributed by atoms with Crippen LogP contribution < -0.4 is 4.74 Å². The molecule has 1 atom stereocenters. The van der Waals surface area contributed by atoms with E-state index in [9.17, 15) is 0 Å². The first-order valence-corrected chi connectivity index (χ1v) is 5.87.